The van der Waals surface area contributed by atoms with Crippen LogP contribution in [0.15, 0.2) is 42.6 Å². The van der Waals surface area contributed by atoms with Crippen LogP contribution in [0.5, 0.6) is 5.75 Å². The molecule has 0 radical (unpaired) electrons. The van der Waals surface area contributed by atoms with Crippen molar-refractivity contribution in [1.29, 1.82) is 5.41 Å². The highest BCUT2D eigenvalue weighted by Gasteiger charge is 2.01. The summed E-state index contributed by atoms with van der Waals surface area (Å²) in [6.45, 7) is 2.47. The first-order valence-electron chi connectivity index (χ1n) is 6.10. The van der Waals surface area contributed by atoms with Crippen LogP contribution >= 0.6 is 0 Å². The third-order valence-corrected chi connectivity index (χ3v) is 2.81. The van der Waals surface area contributed by atoms with E-state index in [1.54, 1.807) is 6.20 Å². The summed E-state index contributed by atoms with van der Waals surface area (Å²) in [5.41, 5.74) is 8.43. The van der Waals surface area contributed by atoms with Gasteiger partial charge < -0.3 is 10.5 Å². The second kappa shape index (κ2) is 6.00. The first-order valence-corrected chi connectivity index (χ1v) is 6.10. The predicted octanol–water partition coefficient (Wildman–Crippen LogP) is 2.45. The summed E-state index contributed by atoms with van der Waals surface area (Å²) in [4.78, 5) is 4.28. The minimum atomic E-state index is 0.165. The molecule has 4 nitrogen and oxygen atoms in total. The van der Waals surface area contributed by atoms with Crippen molar-refractivity contribution in [3.63, 3.8) is 0 Å². The van der Waals surface area contributed by atoms with Crippen molar-refractivity contribution in [3.8, 4) is 5.75 Å². The van der Waals surface area contributed by atoms with Crippen molar-refractivity contribution in [1.82, 2.24) is 4.98 Å². The summed E-state index contributed by atoms with van der Waals surface area (Å²) in [5.74, 6) is 0.954. The Morgan fingerprint density at radius 3 is 2.63 bits per heavy atom. The third-order valence-electron chi connectivity index (χ3n) is 2.81. The van der Waals surface area contributed by atoms with Gasteiger partial charge >= 0.3 is 0 Å². The van der Waals surface area contributed by atoms with Crippen LogP contribution in [-0.2, 0) is 13.0 Å². The summed E-state index contributed by atoms with van der Waals surface area (Å²) in [6, 6.07) is 11.5. The first-order chi connectivity index (χ1) is 9.15. The number of amidine groups is 1. The number of nitrogens with one attached hydrogen (secondary N) is 1. The van der Waals surface area contributed by atoms with E-state index >= 15 is 0 Å². The largest absolute Gasteiger partial charge is 0.487 e. The highest BCUT2D eigenvalue weighted by molar-refractivity contribution is 5.79. The Morgan fingerprint density at radius 2 is 2.00 bits per heavy atom. The SMILES string of the molecule is Cc1cccnc1COc1ccc(CC(=N)N)cc1. The Morgan fingerprint density at radius 1 is 1.26 bits per heavy atom. The van der Waals surface area contributed by atoms with Gasteiger partial charge in [-0.1, -0.05) is 18.2 Å². The number of hydrogen-bond donors (Lipinski definition) is 2. The number of pyridine rings is 1. The molecule has 0 aliphatic carbocycles. The van der Waals surface area contributed by atoms with E-state index < -0.39 is 0 Å². The van der Waals surface area contributed by atoms with Crippen molar-refractivity contribution >= 4 is 5.84 Å². The third kappa shape index (κ3) is 3.81. The Labute approximate surface area is 112 Å². The monoisotopic (exact) mass is 255 g/mol. The van der Waals surface area contributed by atoms with Gasteiger partial charge in [0.05, 0.1) is 11.5 Å². The fourth-order valence-electron chi connectivity index (χ4n) is 1.74. The molecule has 0 saturated heterocycles. The molecule has 0 saturated carbocycles. The van der Waals surface area contributed by atoms with Gasteiger partial charge in [-0.3, -0.25) is 10.4 Å². The molecule has 3 N–H and O–H groups in total. The van der Waals surface area contributed by atoms with E-state index in [9.17, 15) is 0 Å². The van der Waals surface area contributed by atoms with Gasteiger partial charge in [0.25, 0.3) is 0 Å². The number of ether oxygens (including phenoxy) is 1. The maximum Gasteiger partial charge on any atom is 0.130 e. The summed E-state index contributed by atoms with van der Waals surface area (Å²) in [5, 5.41) is 7.24. The van der Waals surface area contributed by atoms with Gasteiger partial charge in [0.2, 0.25) is 0 Å². The number of nitrogens with zero attached hydrogens (tertiary/aromatic N) is 1. The zero-order chi connectivity index (χ0) is 13.7. The van der Waals surface area contributed by atoms with Gasteiger partial charge in [-0.05, 0) is 36.2 Å². The second-order valence-electron chi connectivity index (χ2n) is 4.40. The molecule has 0 amide bonds. The summed E-state index contributed by atoms with van der Waals surface area (Å²) >= 11 is 0. The molecule has 0 aliphatic heterocycles. The van der Waals surface area contributed by atoms with Crippen LogP contribution in [0.2, 0.25) is 0 Å². The van der Waals surface area contributed by atoms with Gasteiger partial charge in [0.1, 0.15) is 12.4 Å². The van der Waals surface area contributed by atoms with Crippen LogP contribution in [0, 0.1) is 12.3 Å². The topological polar surface area (TPSA) is 72.0 Å². The van der Waals surface area contributed by atoms with E-state index in [1.165, 1.54) is 0 Å². The number of benzene rings is 1. The normalized spacial score (nSPS) is 10.2. The van der Waals surface area contributed by atoms with E-state index in [0.29, 0.717) is 13.0 Å². The Bertz CT molecular complexity index is 564. The standard InChI is InChI=1S/C15H17N3O/c1-11-3-2-8-18-14(11)10-19-13-6-4-12(5-7-13)9-15(16)17/h2-8H,9-10H2,1H3,(H3,16,17). The molecule has 1 heterocycles. The molecule has 1 aromatic heterocycles. The average molecular weight is 255 g/mol. The highest BCUT2D eigenvalue weighted by atomic mass is 16.5. The van der Waals surface area contributed by atoms with E-state index in [4.69, 9.17) is 15.9 Å². The zero-order valence-electron chi connectivity index (χ0n) is 10.9. The van der Waals surface area contributed by atoms with Crippen molar-refractivity contribution < 1.29 is 4.74 Å². The van der Waals surface area contributed by atoms with E-state index in [0.717, 1.165) is 22.6 Å². The van der Waals surface area contributed by atoms with Gasteiger partial charge in [0.15, 0.2) is 0 Å². The lowest BCUT2D eigenvalue weighted by atomic mass is 10.1. The van der Waals surface area contributed by atoms with Crippen LogP contribution < -0.4 is 10.5 Å². The first kappa shape index (κ1) is 13.1. The summed E-state index contributed by atoms with van der Waals surface area (Å²) in [6.07, 6.45) is 2.24. The lowest BCUT2D eigenvalue weighted by molar-refractivity contribution is 0.300. The van der Waals surface area contributed by atoms with Crippen LogP contribution in [-0.4, -0.2) is 10.8 Å². The quantitative estimate of drug-likeness (QED) is 0.636. The maximum atomic E-state index is 7.24. The molecular weight excluding hydrogens is 238 g/mol. The zero-order valence-corrected chi connectivity index (χ0v) is 10.9. The fourth-order valence-corrected chi connectivity index (χ4v) is 1.74. The summed E-state index contributed by atoms with van der Waals surface area (Å²) < 4.78 is 5.69. The Hall–Kier alpha value is -2.36. The van der Waals surface area contributed by atoms with Gasteiger partial charge in [-0.15, -0.1) is 0 Å². The number of aromatic nitrogens is 1. The van der Waals surface area contributed by atoms with E-state index in [1.807, 2.05) is 43.3 Å². The molecule has 0 bridgehead atoms. The molecule has 0 aliphatic rings. The maximum absolute atomic E-state index is 7.24. The van der Waals surface area contributed by atoms with Crippen LogP contribution in [0.3, 0.4) is 0 Å². The van der Waals surface area contributed by atoms with E-state index in [-0.39, 0.29) is 5.84 Å². The Balaban J connectivity index is 1.97. The number of aryl methyl sites for hydroxylation is 1. The molecule has 1 aromatic carbocycles. The molecule has 4 heteroatoms. The average Bonchev–Trinajstić information content (AvgIpc) is 2.39. The second-order valence-corrected chi connectivity index (χ2v) is 4.40. The number of hydrogen-bond acceptors (Lipinski definition) is 3. The van der Waals surface area contributed by atoms with Crippen LogP contribution in [0.1, 0.15) is 16.8 Å². The van der Waals surface area contributed by atoms with Crippen LogP contribution in [0.4, 0.5) is 0 Å². The molecule has 0 fully saturated rings. The van der Waals surface area contributed by atoms with Gasteiger partial charge in [-0.25, -0.2) is 0 Å². The summed E-state index contributed by atoms with van der Waals surface area (Å²) in [7, 11) is 0. The lowest BCUT2D eigenvalue weighted by Crippen LogP contribution is -2.12. The fraction of sp³-hybridized carbons (Fsp3) is 0.200. The van der Waals surface area contributed by atoms with Crippen molar-refractivity contribution in [2.24, 2.45) is 5.73 Å². The van der Waals surface area contributed by atoms with Gasteiger partial charge in [-0.2, -0.15) is 0 Å². The lowest BCUT2D eigenvalue weighted by Gasteiger charge is -2.08. The smallest absolute Gasteiger partial charge is 0.130 e. The predicted molar refractivity (Wildman–Crippen MR) is 75.4 cm³/mol. The minimum absolute atomic E-state index is 0.165. The van der Waals surface area contributed by atoms with Crippen molar-refractivity contribution in [2.75, 3.05) is 0 Å². The number of rotatable bonds is 5. The molecule has 2 aromatic rings. The van der Waals surface area contributed by atoms with Gasteiger partial charge in [0, 0.05) is 12.6 Å². The van der Waals surface area contributed by atoms with E-state index in [2.05, 4.69) is 4.98 Å². The van der Waals surface area contributed by atoms with Crippen molar-refractivity contribution in [2.45, 2.75) is 20.0 Å². The molecule has 0 spiro atoms. The molecule has 2 rings (SSSR count). The molecule has 0 unspecified atom stereocenters. The van der Waals surface area contributed by atoms with Crippen LogP contribution in [0.25, 0.3) is 0 Å². The molecule has 19 heavy (non-hydrogen) atoms. The number of nitrogens with two attached hydrogens (primary N) is 1. The molecule has 0 atom stereocenters. The minimum Gasteiger partial charge on any atom is -0.487 e. The highest BCUT2D eigenvalue weighted by Crippen LogP contribution is 2.15. The molecule has 98 valence electrons. The van der Waals surface area contributed by atoms with Crippen molar-refractivity contribution in [3.05, 3.63) is 59.4 Å². The molecular formula is C15H17N3O. The Kier molecular flexibility index (Phi) is 4.13.